The number of rotatable bonds is 4. The van der Waals surface area contributed by atoms with E-state index in [1.54, 1.807) is 25.1 Å². The molecule has 0 radical (unpaired) electrons. The van der Waals surface area contributed by atoms with E-state index in [1.807, 2.05) is 6.92 Å². The summed E-state index contributed by atoms with van der Waals surface area (Å²) in [5, 5.41) is 5.57. The number of hydrogen-bond donors (Lipinski definition) is 2. The Bertz CT molecular complexity index is 465. The minimum Gasteiger partial charge on any atom is -0.355 e. The summed E-state index contributed by atoms with van der Waals surface area (Å²) in [6.07, 6.45) is 0. The van der Waals surface area contributed by atoms with Crippen LogP contribution in [0.5, 0.6) is 0 Å². The molecule has 98 valence electrons. The van der Waals surface area contributed by atoms with E-state index in [1.165, 1.54) is 0 Å². The van der Waals surface area contributed by atoms with Gasteiger partial charge in [0.1, 0.15) is 6.04 Å². The molecule has 1 aromatic rings. The summed E-state index contributed by atoms with van der Waals surface area (Å²) in [6, 6.07) is 4.37. The lowest BCUT2D eigenvalue weighted by Gasteiger charge is -2.14. The van der Waals surface area contributed by atoms with Crippen LogP contribution >= 0.6 is 27.5 Å². The Kier molecular flexibility index (Phi) is 5.62. The van der Waals surface area contributed by atoms with Gasteiger partial charge in [-0.2, -0.15) is 0 Å². The molecule has 0 saturated heterocycles. The van der Waals surface area contributed by atoms with Gasteiger partial charge >= 0.3 is 0 Å². The first-order chi connectivity index (χ1) is 8.45. The van der Waals surface area contributed by atoms with Gasteiger partial charge in [-0.05, 0) is 32.0 Å². The van der Waals surface area contributed by atoms with Gasteiger partial charge in [0, 0.05) is 11.0 Å². The summed E-state index contributed by atoms with van der Waals surface area (Å²) in [5.41, 5.74) is 0.335. The molecule has 0 fully saturated rings. The molecule has 18 heavy (non-hydrogen) atoms. The van der Waals surface area contributed by atoms with Crippen LogP contribution in [-0.2, 0) is 4.79 Å². The SMILES string of the molecule is CCNC(=O)C(C)NC(=O)c1cc(Br)ccc1Cl. The average molecular weight is 334 g/mol. The van der Waals surface area contributed by atoms with Gasteiger partial charge in [-0.25, -0.2) is 0 Å². The van der Waals surface area contributed by atoms with Gasteiger partial charge in [-0.1, -0.05) is 27.5 Å². The Morgan fingerprint density at radius 1 is 1.44 bits per heavy atom. The number of nitrogens with one attached hydrogen (secondary N) is 2. The lowest BCUT2D eigenvalue weighted by Crippen LogP contribution is -2.44. The second kappa shape index (κ2) is 6.75. The van der Waals surface area contributed by atoms with Crippen molar-refractivity contribution in [2.75, 3.05) is 6.54 Å². The van der Waals surface area contributed by atoms with Crippen molar-refractivity contribution in [1.82, 2.24) is 10.6 Å². The molecule has 0 bridgehead atoms. The van der Waals surface area contributed by atoms with Crippen molar-refractivity contribution in [1.29, 1.82) is 0 Å². The van der Waals surface area contributed by atoms with E-state index in [9.17, 15) is 9.59 Å². The smallest absolute Gasteiger partial charge is 0.253 e. The highest BCUT2D eigenvalue weighted by molar-refractivity contribution is 9.10. The molecule has 0 saturated carbocycles. The predicted molar refractivity (Wildman–Crippen MR) is 74.8 cm³/mol. The van der Waals surface area contributed by atoms with Crippen molar-refractivity contribution >= 4 is 39.3 Å². The van der Waals surface area contributed by atoms with Gasteiger partial charge in [0.25, 0.3) is 5.91 Å². The number of amides is 2. The molecule has 1 aromatic carbocycles. The molecule has 0 spiro atoms. The van der Waals surface area contributed by atoms with Crippen LogP contribution in [-0.4, -0.2) is 24.4 Å². The fourth-order valence-corrected chi connectivity index (χ4v) is 1.90. The Balaban J connectivity index is 2.76. The molecule has 0 aromatic heterocycles. The Hall–Kier alpha value is -1.07. The number of likely N-dealkylation sites (N-methyl/N-ethyl adjacent to an activating group) is 1. The third-order valence-corrected chi connectivity index (χ3v) is 3.09. The third-order valence-electron chi connectivity index (χ3n) is 2.26. The first kappa shape index (κ1) is 15.0. The molecular weight excluding hydrogens is 320 g/mol. The summed E-state index contributed by atoms with van der Waals surface area (Å²) in [7, 11) is 0. The number of halogens is 2. The minimum atomic E-state index is -0.604. The zero-order valence-electron chi connectivity index (χ0n) is 10.1. The standard InChI is InChI=1S/C12H14BrClN2O2/c1-3-15-11(17)7(2)16-12(18)9-6-8(13)4-5-10(9)14/h4-7H,3H2,1-2H3,(H,15,17)(H,16,18). The molecule has 4 nitrogen and oxygen atoms in total. The van der Waals surface area contributed by atoms with Gasteiger partial charge in [0.2, 0.25) is 5.91 Å². The van der Waals surface area contributed by atoms with Gasteiger partial charge in [0.05, 0.1) is 10.6 Å². The molecule has 2 N–H and O–H groups in total. The normalized spacial score (nSPS) is 11.8. The molecule has 0 heterocycles. The van der Waals surface area contributed by atoms with Crippen LogP contribution in [0.15, 0.2) is 22.7 Å². The second-order valence-electron chi connectivity index (χ2n) is 3.71. The van der Waals surface area contributed by atoms with E-state index in [-0.39, 0.29) is 11.8 Å². The zero-order chi connectivity index (χ0) is 13.7. The summed E-state index contributed by atoms with van der Waals surface area (Å²) in [5.74, 6) is -0.600. The number of carbonyl (C=O) groups is 2. The van der Waals surface area contributed by atoms with E-state index in [0.717, 1.165) is 4.47 Å². The van der Waals surface area contributed by atoms with Crippen molar-refractivity contribution in [2.24, 2.45) is 0 Å². The summed E-state index contributed by atoms with van der Waals surface area (Å²) < 4.78 is 0.753. The molecule has 2 amide bonds. The van der Waals surface area contributed by atoms with Gasteiger partial charge < -0.3 is 10.6 Å². The number of benzene rings is 1. The van der Waals surface area contributed by atoms with E-state index in [2.05, 4.69) is 26.6 Å². The highest BCUT2D eigenvalue weighted by Gasteiger charge is 2.17. The van der Waals surface area contributed by atoms with Gasteiger partial charge in [-0.3, -0.25) is 9.59 Å². The van der Waals surface area contributed by atoms with Crippen LogP contribution in [0.3, 0.4) is 0 Å². The monoisotopic (exact) mass is 332 g/mol. The van der Waals surface area contributed by atoms with Crippen molar-refractivity contribution in [3.63, 3.8) is 0 Å². The van der Waals surface area contributed by atoms with E-state index in [0.29, 0.717) is 17.1 Å². The predicted octanol–water partition coefficient (Wildman–Crippen LogP) is 2.36. The highest BCUT2D eigenvalue weighted by atomic mass is 79.9. The van der Waals surface area contributed by atoms with Crippen molar-refractivity contribution in [2.45, 2.75) is 19.9 Å². The Morgan fingerprint density at radius 3 is 2.72 bits per heavy atom. The molecule has 0 aliphatic carbocycles. The summed E-state index contributed by atoms with van der Waals surface area (Å²) in [4.78, 5) is 23.4. The second-order valence-corrected chi connectivity index (χ2v) is 5.04. The van der Waals surface area contributed by atoms with Gasteiger partial charge in [-0.15, -0.1) is 0 Å². The molecule has 1 rings (SSSR count). The van der Waals surface area contributed by atoms with Crippen LogP contribution in [0.4, 0.5) is 0 Å². The molecule has 0 aliphatic heterocycles. The topological polar surface area (TPSA) is 58.2 Å². The maximum absolute atomic E-state index is 11.9. The van der Waals surface area contributed by atoms with E-state index in [4.69, 9.17) is 11.6 Å². The van der Waals surface area contributed by atoms with Crippen molar-refractivity contribution in [3.8, 4) is 0 Å². The fourth-order valence-electron chi connectivity index (χ4n) is 1.34. The lowest BCUT2D eigenvalue weighted by atomic mass is 10.2. The zero-order valence-corrected chi connectivity index (χ0v) is 12.4. The maximum atomic E-state index is 11.9. The molecule has 1 unspecified atom stereocenters. The van der Waals surface area contributed by atoms with Crippen molar-refractivity contribution in [3.05, 3.63) is 33.3 Å². The van der Waals surface area contributed by atoms with E-state index < -0.39 is 6.04 Å². The lowest BCUT2D eigenvalue weighted by molar-refractivity contribution is -0.122. The minimum absolute atomic E-state index is 0.225. The van der Waals surface area contributed by atoms with Crippen LogP contribution in [0, 0.1) is 0 Å². The van der Waals surface area contributed by atoms with Gasteiger partial charge in [0.15, 0.2) is 0 Å². The van der Waals surface area contributed by atoms with Crippen LogP contribution in [0.25, 0.3) is 0 Å². The molecule has 1 atom stereocenters. The Morgan fingerprint density at radius 2 is 2.11 bits per heavy atom. The molecular formula is C12H14BrClN2O2. The third kappa shape index (κ3) is 3.99. The summed E-state index contributed by atoms with van der Waals surface area (Å²) >= 11 is 9.20. The average Bonchev–Trinajstić information content (AvgIpc) is 2.32. The Labute approximate surface area is 119 Å². The van der Waals surface area contributed by atoms with Crippen molar-refractivity contribution < 1.29 is 9.59 Å². The number of hydrogen-bond acceptors (Lipinski definition) is 2. The first-order valence-electron chi connectivity index (χ1n) is 5.49. The quantitative estimate of drug-likeness (QED) is 0.888. The highest BCUT2D eigenvalue weighted by Crippen LogP contribution is 2.20. The number of carbonyl (C=O) groups excluding carboxylic acids is 2. The first-order valence-corrected chi connectivity index (χ1v) is 6.66. The van der Waals surface area contributed by atoms with Crippen LogP contribution < -0.4 is 10.6 Å². The van der Waals surface area contributed by atoms with Crippen LogP contribution in [0.2, 0.25) is 5.02 Å². The maximum Gasteiger partial charge on any atom is 0.253 e. The van der Waals surface area contributed by atoms with E-state index >= 15 is 0 Å². The molecule has 0 aliphatic rings. The summed E-state index contributed by atoms with van der Waals surface area (Å²) in [6.45, 7) is 3.96. The van der Waals surface area contributed by atoms with Crippen LogP contribution in [0.1, 0.15) is 24.2 Å². The largest absolute Gasteiger partial charge is 0.355 e. The molecule has 6 heteroatoms. The fraction of sp³-hybridized carbons (Fsp3) is 0.333.